The minimum Gasteiger partial charge on any atom is -0.324 e. The SMILES string of the molecule is O=S(=O)(O)CCCc1ccc(Nc2ncc3c(n2)-c2ccccc2[C@@H](c2ccc(Cl)c(Cl)c2)C3)cc1. The van der Waals surface area contributed by atoms with Crippen molar-refractivity contribution in [2.75, 3.05) is 11.1 Å². The van der Waals surface area contributed by atoms with E-state index >= 15 is 0 Å². The lowest BCUT2D eigenvalue weighted by Crippen LogP contribution is -2.15. The number of hydrogen-bond acceptors (Lipinski definition) is 5. The van der Waals surface area contributed by atoms with Crippen LogP contribution in [0.3, 0.4) is 0 Å². The van der Waals surface area contributed by atoms with Crippen LogP contribution >= 0.6 is 23.2 Å². The number of benzene rings is 3. The van der Waals surface area contributed by atoms with Gasteiger partial charge in [-0.3, -0.25) is 4.55 Å². The summed E-state index contributed by atoms with van der Waals surface area (Å²) in [5, 5.41) is 4.34. The molecule has 0 unspecified atom stereocenters. The number of anilines is 2. The molecule has 9 heteroatoms. The van der Waals surface area contributed by atoms with E-state index in [-0.39, 0.29) is 11.7 Å². The van der Waals surface area contributed by atoms with Crippen LogP contribution in [-0.4, -0.2) is 28.7 Å². The number of halogens is 2. The smallest absolute Gasteiger partial charge is 0.264 e. The van der Waals surface area contributed by atoms with Crippen molar-refractivity contribution in [1.29, 1.82) is 0 Å². The lowest BCUT2D eigenvalue weighted by molar-refractivity contribution is 0.481. The molecule has 5 rings (SSSR count). The monoisotopic (exact) mass is 539 g/mol. The first-order valence-electron chi connectivity index (χ1n) is 11.5. The predicted octanol–water partition coefficient (Wildman–Crippen LogP) is 6.70. The van der Waals surface area contributed by atoms with Gasteiger partial charge in [0.25, 0.3) is 10.1 Å². The quantitative estimate of drug-likeness (QED) is 0.254. The molecule has 0 amide bonds. The van der Waals surface area contributed by atoms with Gasteiger partial charge in [-0.25, -0.2) is 9.97 Å². The van der Waals surface area contributed by atoms with Crippen LogP contribution in [0.15, 0.2) is 72.9 Å². The van der Waals surface area contributed by atoms with Crippen LogP contribution in [0, 0.1) is 0 Å². The second-order valence-corrected chi connectivity index (χ2v) is 11.2. The van der Waals surface area contributed by atoms with Crippen LogP contribution in [0.1, 0.15) is 34.6 Å². The zero-order chi connectivity index (χ0) is 25.3. The van der Waals surface area contributed by atoms with E-state index in [4.69, 9.17) is 32.7 Å². The highest BCUT2D eigenvalue weighted by Gasteiger charge is 2.27. The molecule has 1 aromatic heterocycles. The van der Waals surface area contributed by atoms with Crippen LogP contribution in [0.4, 0.5) is 11.6 Å². The molecule has 1 aliphatic carbocycles. The molecule has 0 saturated heterocycles. The van der Waals surface area contributed by atoms with E-state index in [0.29, 0.717) is 28.8 Å². The number of nitrogens with one attached hydrogen (secondary N) is 1. The Balaban J connectivity index is 1.37. The fraction of sp³-hybridized carbons (Fsp3) is 0.185. The maximum Gasteiger partial charge on any atom is 0.264 e. The molecular weight excluding hydrogens is 517 g/mol. The summed E-state index contributed by atoms with van der Waals surface area (Å²) in [7, 11) is -3.94. The highest BCUT2D eigenvalue weighted by Crippen LogP contribution is 2.43. The predicted molar refractivity (Wildman–Crippen MR) is 144 cm³/mol. The number of rotatable bonds is 7. The van der Waals surface area contributed by atoms with Gasteiger partial charge in [0.2, 0.25) is 5.95 Å². The molecule has 0 radical (unpaired) electrons. The summed E-state index contributed by atoms with van der Waals surface area (Å²) in [6.07, 6.45) is 3.55. The van der Waals surface area contributed by atoms with E-state index in [9.17, 15) is 8.42 Å². The minimum absolute atomic E-state index is 0.124. The first-order valence-corrected chi connectivity index (χ1v) is 13.8. The van der Waals surface area contributed by atoms with Gasteiger partial charge in [-0.2, -0.15) is 8.42 Å². The van der Waals surface area contributed by atoms with Gasteiger partial charge in [0.05, 0.1) is 21.5 Å². The van der Waals surface area contributed by atoms with Gasteiger partial charge in [0, 0.05) is 23.4 Å². The zero-order valence-corrected chi connectivity index (χ0v) is 21.5. The Labute approximate surface area is 220 Å². The van der Waals surface area contributed by atoms with Crippen molar-refractivity contribution in [3.05, 3.63) is 105 Å². The van der Waals surface area contributed by atoms with Gasteiger partial charge in [-0.1, -0.05) is 65.7 Å². The maximum atomic E-state index is 10.9. The summed E-state index contributed by atoms with van der Waals surface area (Å²) in [5.41, 5.74) is 7.12. The summed E-state index contributed by atoms with van der Waals surface area (Å²) in [4.78, 5) is 9.40. The molecular formula is C27H23Cl2N3O3S. The minimum atomic E-state index is -3.94. The first kappa shape index (κ1) is 24.7. The van der Waals surface area contributed by atoms with Crippen molar-refractivity contribution in [3.63, 3.8) is 0 Å². The normalized spacial score (nSPS) is 14.7. The summed E-state index contributed by atoms with van der Waals surface area (Å²) < 4.78 is 30.7. The third kappa shape index (κ3) is 5.55. The lowest BCUT2D eigenvalue weighted by Gasteiger charge is -2.27. The molecule has 2 N–H and O–H groups in total. The Kier molecular flexibility index (Phi) is 6.99. The van der Waals surface area contributed by atoms with Gasteiger partial charge in [-0.05, 0) is 65.8 Å². The third-order valence-electron chi connectivity index (χ3n) is 6.30. The van der Waals surface area contributed by atoms with Crippen molar-refractivity contribution in [1.82, 2.24) is 9.97 Å². The van der Waals surface area contributed by atoms with Gasteiger partial charge in [0.15, 0.2) is 0 Å². The van der Waals surface area contributed by atoms with Crippen molar-refractivity contribution in [3.8, 4) is 11.3 Å². The molecule has 1 aliphatic rings. The van der Waals surface area contributed by atoms with E-state index in [0.717, 1.165) is 40.1 Å². The molecule has 0 fully saturated rings. The van der Waals surface area contributed by atoms with E-state index in [1.807, 2.05) is 60.8 Å². The van der Waals surface area contributed by atoms with Crippen LogP contribution < -0.4 is 5.32 Å². The number of aromatic nitrogens is 2. The summed E-state index contributed by atoms with van der Waals surface area (Å²) in [6.45, 7) is 0. The summed E-state index contributed by atoms with van der Waals surface area (Å²) in [5.74, 6) is 0.374. The van der Waals surface area contributed by atoms with Crippen LogP contribution in [0.2, 0.25) is 10.0 Å². The maximum absolute atomic E-state index is 10.9. The first-order chi connectivity index (χ1) is 17.3. The molecule has 184 valence electrons. The topological polar surface area (TPSA) is 92.2 Å². The van der Waals surface area contributed by atoms with Crippen molar-refractivity contribution < 1.29 is 13.0 Å². The van der Waals surface area contributed by atoms with Crippen molar-refractivity contribution in [2.45, 2.75) is 25.2 Å². The number of aryl methyl sites for hydroxylation is 1. The Morgan fingerprint density at radius 2 is 1.78 bits per heavy atom. The molecule has 6 nitrogen and oxygen atoms in total. The highest BCUT2D eigenvalue weighted by atomic mass is 35.5. The second-order valence-electron chi connectivity index (χ2n) is 8.80. The van der Waals surface area contributed by atoms with Crippen LogP contribution in [0.5, 0.6) is 0 Å². The Hall–Kier alpha value is -2.97. The molecule has 0 spiro atoms. The van der Waals surface area contributed by atoms with Gasteiger partial charge in [-0.15, -0.1) is 0 Å². The van der Waals surface area contributed by atoms with E-state index in [1.165, 1.54) is 5.56 Å². The van der Waals surface area contributed by atoms with Gasteiger partial charge < -0.3 is 5.32 Å². The number of fused-ring (bicyclic) bond motifs is 3. The van der Waals surface area contributed by atoms with Crippen LogP contribution in [-0.2, 0) is 23.0 Å². The number of hydrogen-bond donors (Lipinski definition) is 2. The third-order valence-corrected chi connectivity index (χ3v) is 7.85. The van der Waals surface area contributed by atoms with Crippen molar-refractivity contribution >= 4 is 45.0 Å². The van der Waals surface area contributed by atoms with E-state index in [1.54, 1.807) is 0 Å². The average Bonchev–Trinajstić information content (AvgIpc) is 2.86. The zero-order valence-electron chi connectivity index (χ0n) is 19.2. The van der Waals surface area contributed by atoms with E-state index in [2.05, 4.69) is 22.4 Å². The van der Waals surface area contributed by atoms with Crippen LogP contribution in [0.25, 0.3) is 11.3 Å². The largest absolute Gasteiger partial charge is 0.324 e. The Morgan fingerprint density at radius 1 is 1.00 bits per heavy atom. The lowest BCUT2D eigenvalue weighted by atomic mass is 9.78. The Morgan fingerprint density at radius 3 is 2.53 bits per heavy atom. The Bertz CT molecular complexity index is 1530. The molecule has 1 atom stereocenters. The highest BCUT2D eigenvalue weighted by molar-refractivity contribution is 7.85. The van der Waals surface area contributed by atoms with Crippen molar-refractivity contribution in [2.24, 2.45) is 0 Å². The summed E-state index contributed by atoms with van der Waals surface area (Å²) >= 11 is 12.5. The van der Waals surface area contributed by atoms with Gasteiger partial charge >= 0.3 is 0 Å². The molecule has 0 aliphatic heterocycles. The molecule has 3 aromatic carbocycles. The molecule has 1 heterocycles. The molecule has 0 saturated carbocycles. The van der Waals surface area contributed by atoms with E-state index < -0.39 is 10.1 Å². The molecule has 4 aromatic rings. The summed E-state index contributed by atoms with van der Waals surface area (Å²) in [6, 6.07) is 21.7. The fourth-order valence-electron chi connectivity index (χ4n) is 4.57. The molecule has 36 heavy (non-hydrogen) atoms. The number of nitrogens with zero attached hydrogens (tertiary/aromatic N) is 2. The molecule has 0 bridgehead atoms. The second kappa shape index (κ2) is 10.2. The van der Waals surface area contributed by atoms with Gasteiger partial charge in [0.1, 0.15) is 0 Å². The average molecular weight is 540 g/mol. The standard InChI is InChI=1S/C27H23Cl2N3O3S/c28-24-12-9-18(15-25(24)29)23-14-19-16-30-27(32-26(19)22-6-2-1-5-21(22)23)31-20-10-7-17(8-11-20)4-3-13-36(33,34)35/h1-2,5-12,15-16,23H,3-4,13-14H2,(H,30,31,32)(H,33,34,35)/t23-/m1/s1. The fourth-order valence-corrected chi connectivity index (χ4v) is 5.38.